The third-order valence-corrected chi connectivity index (χ3v) is 3.93. The summed E-state index contributed by atoms with van der Waals surface area (Å²) in [4.78, 5) is 24.8. The second-order valence-corrected chi connectivity index (χ2v) is 5.03. The molecule has 1 aliphatic heterocycles. The molecule has 0 spiro atoms. The van der Waals surface area contributed by atoms with E-state index in [0.717, 1.165) is 11.8 Å². The van der Waals surface area contributed by atoms with Crippen molar-refractivity contribution >= 4 is 46.9 Å². The van der Waals surface area contributed by atoms with Gasteiger partial charge in [0.15, 0.2) is 0 Å². The van der Waals surface area contributed by atoms with Gasteiger partial charge >= 0.3 is 0 Å². The largest absolute Gasteiger partial charge is 0.329 e. The summed E-state index contributed by atoms with van der Waals surface area (Å²) in [6.07, 6.45) is 0. The Morgan fingerprint density at radius 3 is 2.61 bits per heavy atom. The fourth-order valence-corrected chi connectivity index (χ4v) is 3.04. The van der Waals surface area contributed by atoms with E-state index in [4.69, 9.17) is 17.3 Å². The molecule has 1 fully saturated rings. The number of carbonyl (C=O) groups excluding carboxylic acids is 2. The van der Waals surface area contributed by atoms with Crippen molar-refractivity contribution in [3.05, 3.63) is 34.9 Å². The van der Waals surface area contributed by atoms with Crippen LogP contribution < -0.4 is 5.73 Å². The first-order valence-electron chi connectivity index (χ1n) is 5.11. The molecule has 1 aromatic carbocycles. The first kappa shape index (κ1) is 15.3. The number of hydrogen-bond acceptors (Lipinski definition) is 4. The summed E-state index contributed by atoms with van der Waals surface area (Å²) in [6, 6.07) is 7.05. The van der Waals surface area contributed by atoms with Gasteiger partial charge in [0, 0.05) is 18.1 Å². The van der Waals surface area contributed by atoms with Crippen LogP contribution in [0.3, 0.4) is 0 Å². The monoisotopic (exact) mass is 306 g/mol. The highest BCUT2D eigenvalue weighted by molar-refractivity contribution is 8.15. The van der Waals surface area contributed by atoms with E-state index in [1.807, 2.05) is 0 Å². The first-order chi connectivity index (χ1) is 8.15. The lowest BCUT2D eigenvalue weighted by Crippen LogP contribution is -2.34. The summed E-state index contributed by atoms with van der Waals surface area (Å²) in [5.74, 6) is -0.237. The molecule has 98 valence electrons. The van der Waals surface area contributed by atoms with E-state index < -0.39 is 5.25 Å². The Kier molecular flexibility index (Phi) is 5.47. The van der Waals surface area contributed by atoms with Crippen LogP contribution in [-0.4, -0.2) is 29.1 Å². The summed E-state index contributed by atoms with van der Waals surface area (Å²) in [7, 11) is 0. The summed E-state index contributed by atoms with van der Waals surface area (Å²) in [6.45, 7) is 0.527. The number of imide groups is 1. The number of rotatable bonds is 3. The fraction of sp³-hybridized carbons (Fsp3) is 0.273. The molecule has 2 N–H and O–H groups in total. The molecular formula is C11H12Cl2N2O2S. The molecule has 1 unspecified atom stereocenters. The third kappa shape index (κ3) is 2.80. The highest BCUT2D eigenvalue weighted by Crippen LogP contribution is 2.41. The van der Waals surface area contributed by atoms with Gasteiger partial charge < -0.3 is 5.73 Å². The minimum absolute atomic E-state index is 0. The van der Waals surface area contributed by atoms with Crippen LogP contribution in [0.1, 0.15) is 10.8 Å². The standard InChI is InChI=1S/C11H11ClN2O2S.ClH/c12-8-4-2-1-3-7(8)9-10(15)14(6-5-13)11(16)17-9;/h1-4,9H,5-6,13H2;1H. The van der Waals surface area contributed by atoms with Gasteiger partial charge in [-0.3, -0.25) is 14.5 Å². The Balaban J connectivity index is 0.00000162. The maximum absolute atomic E-state index is 12.0. The Hall–Kier alpha value is -0.750. The van der Waals surface area contributed by atoms with Crippen molar-refractivity contribution in [1.82, 2.24) is 4.90 Å². The molecule has 1 aromatic rings. The maximum atomic E-state index is 12.0. The molecule has 0 aromatic heterocycles. The topological polar surface area (TPSA) is 63.4 Å². The van der Waals surface area contributed by atoms with E-state index in [1.54, 1.807) is 24.3 Å². The molecule has 1 saturated heterocycles. The van der Waals surface area contributed by atoms with Crippen LogP contribution in [0.4, 0.5) is 4.79 Å². The zero-order valence-electron chi connectivity index (χ0n) is 9.34. The lowest BCUT2D eigenvalue weighted by atomic mass is 10.1. The molecular weight excluding hydrogens is 295 g/mol. The highest BCUT2D eigenvalue weighted by atomic mass is 35.5. The van der Waals surface area contributed by atoms with Gasteiger partial charge in [0.1, 0.15) is 5.25 Å². The number of nitrogens with zero attached hydrogens (tertiary/aromatic N) is 1. The Bertz CT molecular complexity index is 470. The number of benzene rings is 1. The first-order valence-corrected chi connectivity index (χ1v) is 6.37. The van der Waals surface area contributed by atoms with Gasteiger partial charge in [0.2, 0.25) is 5.91 Å². The quantitative estimate of drug-likeness (QED) is 0.931. The van der Waals surface area contributed by atoms with Crippen molar-refractivity contribution in [3.63, 3.8) is 0 Å². The van der Waals surface area contributed by atoms with Crippen LogP contribution in [0.2, 0.25) is 5.02 Å². The summed E-state index contributed by atoms with van der Waals surface area (Å²) < 4.78 is 0. The molecule has 1 heterocycles. The van der Waals surface area contributed by atoms with Crippen LogP contribution in [-0.2, 0) is 4.79 Å². The van der Waals surface area contributed by atoms with Gasteiger partial charge in [-0.2, -0.15) is 0 Å². The van der Waals surface area contributed by atoms with Crippen molar-refractivity contribution < 1.29 is 9.59 Å². The SMILES string of the molecule is Cl.NCCN1C(=O)SC(c2ccccc2Cl)C1=O. The van der Waals surface area contributed by atoms with E-state index in [0.29, 0.717) is 10.6 Å². The highest BCUT2D eigenvalue weighted by Gasteiger charge is 2.40. The fourth-order valence-electron chi connectivity index (χ4n) is 1.66. The van der Waals surface area contributed by atoms with Crippen molar-refractivity contribution in [2.45, 2.75) is 5.25 Å². The molecule has 2 amide bonds. The number of nitrogens with two attached hydrogens (primary N) is 1. The Morgan fingerprint density at radius 1 is 1.33 bits per heavy atom. The van der Waals surface area contributed by atoms with E-state index in [2.05, 4.69) is 0 Å². The predicted molar refractivity (Wildman–Crippen MR) is 75.2 cm³/mol. The van der Waals surface area contributed by atoms with Crippen molar-refractivity contribution in [2.75, 3.05) is 13.1 Å². The maximum Gasteiger partial charge on any atom is 0.289 e. The molecule has 18 heavy (non-hydrogen) atoms. The number of thioether (sulfide) groups is 1. The number of halogens is 2. The summed E-state index contributed by atoms with van der Waals surface area (Å²) in [5.41, 5.74) is 6.04. The molecule has 7 heteroatoms. The van der Waals surface area contributed by atoms with Crippen LogP contribution in [0, 0.1) is 0 Å². The third-order valence-electron chi connectivity index (χ3n) is 2.47. The molecule has 0 bridgehead atoms. The summed E-state index contributed by atoms with van der Waals surface area (Å²) in [5, 5.41) is -0.297. The molecule has 0 radical (unpaired) electrons. The number of hydrogen-bond donors (Lipinski definition) is 1. The molecule has 1 atom stereocenters. The number of amides is 2. The van der Waals surface area contributed by atoms with Gasteiger partial charge in [-0.15, -0.1) is 12.4 Å². The van der Waals surface area contributed by atoms with Crippen LogP contribution in [0.5, 0.6) is 0 Å². The van der Waals surface area contributed by atoms with Gasteiger partial charge in [-0.05, 0) is 23.4 Å². The van der Waals surface area contributed by atoms with Crippen molar-refractivity contribution in [2.24, 2.45) is 5.73 Å². The predicted octanol–water partition coefficient (Wildman–Crippen LogP) is 2.46. The van der Waals surface area contributed by atoms with Gasteiger partial charge in [0.05, 0.1) is 0 Å². The zero-order valence-corrected chi connectivity index (χ0v) is 11.7. The van der Waals surface area contributed by atoms with Crippen LogP contribution in [0.25, 0.3) is 0 Å². The van der Waals surface area contributed by atoms with E-state index in [9.17, 15) is 9.59 Å². The lowest BCUT2D eigenvalue weighted by Gasteiger charge is -2.12. The Morgan fingerprint density at radius 2 is 2.00 bits per heavy atom. The average molecular weight is 307 g/mol. The lowest BCUT2D eigenvalue weighted by molar-refractivity contribution is -0.126. The van der Waals surface area contributed by atoms with Gasteiger partial charge in [-0.1, -0.05) is 29.8 Å². The van der Waals surface area contributed by atoms with Crippen molar-refractivity contribution in [1.29, 1.82) is 0 Å². The van der Waals surface area contributed by atoms with E-state index in [1.165, 1.54) is 4.90 Å². The minimum Gasteiger partial charge on any atom is -0.329 e. The molecule has 2 rings (SSSR count). The molecule has 0 saturated carbocycles. The summed E-state index contributed by atoms with van der Waals surface area (Å²) >= 11 is 7.01. The molecule has 4 nitrogen and oxygen atoms in total. The number of carbonyl (C=O) groups is 2. The molecule has 1 aliphatic rings. The van der Waals surface area contributed by atoms with Gasteiger partial charge in [0.25, 0.3) is 5.24 Å². The minimum atomic E-state index is -0.539. The Labute approximate surface area is 120 Å². The van der Waals surface area contributed by atoms with Crippen LogP contribution >= 0.6 is 35.8 Å². The van der Waals surface area contributed by atoms with E-state index >= 15 is 0 Å². The average Bonchev–Trinajstić information content (AvgIpc) is 2.58. The van der Waals surface area contributed by atoms with Crippen molar-refractivity contribution in [3.8, 4) is 0 Å². The van der Waals surface area contributed by atoms with Gasteiger partial charge in [-0.25, -0.2) is 0 Å². The zero-order chi connectivity index (χ0) is 12.4. The van der Waals surface area contributed by atoms with Crippen LogP contribution in [0.15, 0.2) is 24.3 Å². The van der Waals surface area contributed by atoms with E-state index in [-0.39, 0.29) is 36.6 Å². The second kappa shape index (κ2) is 6.43. The smallest absolute Gasteiger partial charge is 0.289 e. The molecule has 0 aliphatic carbocycles. The normalized spacial score (nSPS) is 19.0. The second-order valence-electron chi connectivity index (χ2n) is 3.56.